The fraction of sp³-hybridized carbons (Fsp3) is 0.467. The van der Waals surface area contributed by atoms with Gasteiger partial charge in [0.05, 0.1) is 11.0 Å². The van der Waals surface area contributed by atoms with Crippen LogP contribution in [0.3, 0.4) is 0 Å². The van der Waals surface area contributed by atoms with Crippen molar-refractivity contribution >= 4 is 11.0 Å². The largest absolute Gasteiger partial charge is 0.330 e. The molecular formula is C15H21N3O. The predicted molar refractivity (Wildman–Crippen MR) is 78.2 cm³/mol. The Kier molecular flexibility index (Phi) is 3.71. The number of benzene rings is 1. The predicted octanol–water partition coefficient (Wildman–Crippen LogP) is 2.08. The molecule has 0 unspecified atom stereocenters. The zero-order chi connectivity index (χ0) is 14.0. The average molecular weight is 259 g/mol. The van der Waals surface area contributed by atoms with Gasteiger partial charge in [-0.3, -0.25) is 4.79 Å². The van der Waals surface area contributed by atoms with Crippen LogP contribution in [0.25, 0.3) is 11.0 Å². The molecule has 0 spiro atoms. The molecule has 0 amide bonds. The van der Waals surface area contributed by atoms with E-state index >= 15 is 0 Å². The minimum absolute atomic E-state index is 0.00785. The number of nitrogens with zero attached hydrogens (tertiary/aromatic N) is 2. The third-order valence-electron chi connectivity index (χ3n) is 3.58. The zero-order valence-electron chi connectivity index (χ0n) is 11.8. The quantitative estimate of drug-likeness (QED) is 0.914. The Morgan fingerprint density at radius 3 is 2.68 bits per heavy atom. The molecule has 2 rings (SSSR count). The minimum atomic E-state index is -0.00785. The molecule has 4 heteroatoms. The second kappa shape index (κ2) is 5.13. The first-order chi connectivity index (χ1) is 8.94. The topological polar surface area (TPSA) is 60.9 Å². The van der Waals surface area contributed by atoms with Gasteiger partial charge in [-0.1, -0.05) is 26.0 Å². The van der Waals surface area contributed by atoms with Crippen LogP contribution in [0.1, 0.15) is 26.0 Å². The highest BCUT2D eigenvalue weighted by molar-refractivity contribution is 5.74. The second-order valence-electron chi connectivity index (χ2n) is 5.76. The van der Waals surface area contributed by atoms with E-state index in [1.807, 2.05) is 28.8 Å². The number of para-hydroxylation sites is 2. The number of nitrogens with two attached hydrogens (primary N) is 1. The molecule has 0 fully saturated rings. The molecule has 4 nitrogen and oxygen atoms in total. The van der Waals surface area contributed by atoms with E-state index in [4.69, 9.17) is 5.73 Å². The van der Waals surface area contributed by atoms with Crippen molar-refractivity contribution in [3.05, 3.63) is 40.3 Å². The van der Waals surface area contributed by atoms with Gasteiger partial charge in [0.1, 0.15) is 5.69 Å². The van der Waals surface area contributed by atoms with Crippen LogP contribution in [0.5, 0.6) is 0 Å². The lowest BCUT2D eigenvalue weighted by molar-refractivity contribution is 0.324. The smallest absolute Gasteiger partial charge is 0.272 e. The number of aromatic nitrogens is 2. The molecule has 0 radical (unpaired) electrons. The Balaban J connectivity index is 2.47. The zero-order valence-corrected chi connectivity index (χ0v) is 11.8. The summed E-state index contributed by atoms with van der Waals surface area (Å²) in [7, 11) is 0. The van der Waals surface area contributed by atoms with Gasteiger partial charge in [-0.15, -0.1) is 0 Å². The van der Waals surface area contributed by atoms with E-state index in [1.54, 1.807) is 6.92 Å². The summed E-state index contributed by atoms with van der Waals surface area (Å²) in [6, 6.07) is 7.75. The summed E-state index contributed by atoms with van der Waals surface area (Å²) < 4.78 is 1.81. The van der Waals surface area contributed by atoms with Gasteiger partial charge in [0.15, 0.2) is 0 Å². The van der Waals surface area contributed by atoms with Gasteiger partial charge >= 0.3 is 0 Å². The van der Waals surface area contributed by atoms with Crippen LogP contribution in [0.2, 0.25) is 0 Å². The van der Waals surface area contributed by atoms with Crippen LogP contribution >= 0.6 is 0 Å². The lowest BCUT2D eigenvalue weighted by Crippen LogP contribution is -2.29. The molecule has 0 atom stereocenters. The maximum absolute atomic E-state index is 12.3. The number of aryl methyl sites for hydroxylation is 2. The summed E-state index contributed by atoms with van der Waals surface area (Å²) >= 11 is 0. The fourth-order valence-corrected chi connectivity index (χ4v) is 2.06. The lowest BCUT2D eigenvalue weighted by Gasteiger charge is -2.23. The van der Waals surface area contributed by atoms with Gasteiger partial charge in [0.2, 0.25) is 0 Å². The molecule has 19 heavy (non-hydrogen) atoms. The highest BCUT2D eigenvalue weighted by Gasteiger charge is 2.17. The summed E-state index contributed by atoms with van der Waals surface area (Å²) in [6.07, 6.45) is 0.872. The fourth-order valence-electron chi connectivity index (χ4n) is 2.06. The molecule has 0 saturated carbocycles. The third-order valence-corrected chi connectivity index (χ3v) is 3.58. The van der Waals surface area contributed by atoms with Gasteiger partial charge in [-0.05, 0) is 37.4 Å². The SMILES string of the molecule is Cc1nc2ccccc2n(CCC(C)(C)CN)c1=O. The maximum Gasteiger partial charge on any atom is 0.272 e. The van der Waals surface area contributed by atoms with Crippen molar-refractivity contribution in [2.24, 2.45) is 11.1 Å². The van der Waals surface area contributed by atoms with Crippen LogP contribution in [0.4, 0.5) is 0 Å². The standard InChI is InChI=1S/C15H21N3O/c1-11-14(19)18(9-8-15(2,3)10-16)13-7-5-4-6-12(13)17-11/h4-7H,8-10,16H2,1-3H3. The Morgan fingerprint density at radius 1 is 1.32 bits per heavy atom. The Bertz CT molecular complexity index is 643. The normalized spacial score (nSPS) is 12.0. The van der Waals surface area contributed by atoms with Gasteiger partial charge in [0, 0.05) is 6.54 Å². The molecule has 1 aromatic carbocycles. The Morgan fingerprint density at radius 2 is 2.00 bits per heavy atom. The van der Waals surface area contributed by atoms with Crippen LogP contribution in [-0.2, 0) is 6.54 Å². The van der Waals surface area contributed by atoms with Gasteiger partial charge in [0.25, 0.3) is 5.56 Å². The third kappa shape index (κ3) is 2.84. The van der Waals surface area contributed by atoms with Crippen LogP contribution in [0.15, 0.2) is 29.1 Å². The Hall–Kier alpha value is -1.68. The summed E-state index contributed by atoms with van der Waals surface area (Å²) in [5.41, 5.74) is 8.09. The molecule has 0 aliphatic carbocycles. The molecule has 0 bridgehead atoms. The van der Waals surface area contributed by atoms with Crippen molar-refractivity contribution in [3.63, 3.8) is 0 Å². The van der Waals surface area contributed by atoms with Crippen molar-refractivity contribution in [1.29, 1.82) is 0 Å². The monoisotopic (exact) mass is 259 g/mol. The molecule has 0 aliphatic rings. The van der Waals surface area contributed by atoms with Crippen LogP contribution < -0.4 is 11.3 Å². The van der Waals surface area contributed by atoms with E-state index in [2.05, 4.69) is 18.8 Å². The minimum Gasteiger partial charge on any atom is -0.330 e. The number of hydrogen-bond donors (Lipinski definition) is 1. The molecule has 0 aliphatic heterocycles. The van der Waals surface area contributed by atoms with Crippen LogP contribution in [0, 0.1) is 12.3 Å². The maximum atomic E-state index is 12.3. The van der Waals surface area contributed by atoms with Gasteiger partial charge < -0.3 is 10.3 Å². The van der Waals surface area contributed by atoms with Gasteiger partial charge in [-0.2, -0.15) is 0 Å². The number of fused-ring (bicyclic) bond motifs is 1. The van der Waals surface area contributed by atoms with Crippen molar-refractivity contribution < 1.29 is 0 Å². The summed E-state index contributed by atoms with van der Waals surface area (Å²) in [6.45, 7) is 7.29. The average Bonchev–Trinajstić information content (AvgIpc) is 2.39. The van der Waals surface area contributed by atoms with E-state index in [0.717, 1.165) is 17.5 Å². The second-order valence-corrected chi connectivity index (χ2v) is 5.76. The molecular weight excluding hydrogens is 238 g/mol. The van der Waals surface area contributed by atoms with Crippen molar-refractivity contribution in [3.8, 4) is 0 Å². The lowest BCUT2D eigenvalue weighted by atomic mass is 9.89. The van der Waals surface area contributed by atoms with Crippen molar-refractivity contribution in [2.75, 3.05) is 6.54 Å². The molecule has 0 saturated heterocycles. The summed E-state index contributed by atoms with van der Waals surface area (Å²) in [5.74, 6) is 0. The first kappa shape index (κ1) is 13.7. The number of rotatable bonds is 4. The van der Waals surface area contributed by atoms with E-state index in [1.165, 1.54) is 0 Å². The highest BCUT2D eigenvalue weighted by Crippen LogP contribution is 2.20. The molecule has 2 aromatic rings. The first-order valence-corrected chi connectivity index (χ1v) is 6.61. The van der Waals surface area contributed by atoms with Crippen molar-refractivity contribution in [1.82, 2.24) is 9.55 Å². The van der Waals surface area contributed by atoms with Gasteiger partial charge in [-0.25, -0.2) is 4.98 Å². The van der Waals surface area contributed by atoms with E-state index < -0.39 is 0 Å². The number of hydrogen-bond acceptors (Lipinski definition) is 3. The van der Waals surface area contributed by atoms with Crippen LogP contribution in [-0.4, -0.2) is 16.1 Å². The molecule has 1 heterocycles. The molecule has 102 valence electrons. The Labute approximate surface area is 113 Å². The molecule has 2 N–H and O–H groups in total. The summed E-state index contributed by atoms with van der Waals surface area (Å²) in [5, 5.41) is 0. The first-order valence-electron chi connectivity index (χ1n) is 6.61. The summed E-state index contributed by atoms with van der Waals surface area (Å²) in [4.78, 5) is 16.6. The molecule has 1 aromatic heterocycles. The van der Waals surface area contributed by atoms with E-state index in [9.17, 15) is 4.79 Å². The van der Waals surface area contributed by atoms with Crippen molar-refractivity contribution in [2.45, 2.75) is 33.7 Å². The van der Waals surface area contributed by atoms with E-state index in [0.29, 0.717) is 18.8 Å². The highest BCUT2D eigenvalue weighted by atomic mass is 16.1. The van der Waals surface area contributed by atoms with E-state index in [-0.39, 0.29) is 11.0 Å².